The molecule has 4 heteroatoms. The van der Waals surface area contributed by atoms with Crippen molar-refractivity contribution in [2.75, 3.05) is 11.5 Å². The second-order valence-corrected chi connectivity index (χ2v) is 7.32. The highest BCUT2D eigenvalue weighted by Gasteiger charge is 2.38. The molecule has 2 fully saturated rings. The molecule has 1 aliphatic heterocycles. The molecule has 104 valence electrons. The van der Waals surface area contributed by atoms with Crippen LogP contribution in [0.2, 0.25) is 5.02 Å². The average molecular weight is 298 g/mol. The van der Waals surface area contributed by atoms with E-state index < -0.39 is 0 Å². The number of ether oxygens (including phenoxy) is 1. The normalized spacial score (nSPS) is 25.1. The van der Waals surface area contributed by atoms with E-state index in [1.54, 1.807) is 0 Å². The van der Waals surface area contributed by atoms with Gasteiger partial charge in [-0.25, -0.2) is 0 Å². The van der Waals surface area contributed by atoms with Gasteiger partial charge in [0.25, 0.3) is 0 Å². The van der Waals surface area contributed by atoms with Gasteiger partial charge in [-0.15, -0.1) is 0 Å². The van der Waals surface area contributed by atoms with Crippen molar-refractivity contribution >= 4 is 23.4 Å². The third-order valence-corrected chi connectivity index (χ3v) is 5.34. The molecule has 2 aliphatic rings. The third-order valence-electron chi connectivity index (χ3n) is 3.86. The molecule has 1 saturated heterocycles. The largest absolute Gasteiger partial charge is 0.488 e. The highest BCUT2D eigenvalue weighted by atomic mass is 35.5. The Hall–Kier alpha value is -0.380. The SMILES string of the molecule is NC1(Cc2ccc(OC3CCCSC3)c(Cl)c2)CC1. The Balaban J connectivity index is 1.65. The van der Waals surface area contributed by atoms with E-state index in [-0.39, 0.29) is 5.54 Å². The molecule has 2 nitrogen and oxygen atoms in total. The van der Waals surface area contributed by atoms with Crippen LogP contribution >= 0.6 is 23.4 Å². The summed E-state index contributed by atoms with van der Waals surface area (Å²) < 4.78 is 6.00. The third kappa shape index (κ3) is 3.59. The molecule has 3 rings (SSSR count). The average Bonchev–Trinajstić information content (AvgIpc) is 3.12. The molecule has 1 unspecified atom stereocenters. The van der Waals surface area contributed by atoms with E-state index in [0.29, 0.717) is 6.10 Å². The molecule has 0 aromatic heterocycles. The minimum absolute atomic E-state index is 0.0334. The Morgan fingerprint density at radius 3 is 2.89 bits per heavy atom. The maximum absolute atomic E-state index is 6.33. The van der Waals surface area contributed by atoms with Gasteiger partial charge in [0.15, 0.2) is 0 Å². The van der Waals surface area contributed by atoms with Crippen LogP contribution in [0.15, 0.2) is 18.2 Å². The molecule has 2 N–H and O–H groups in total. The van der Waals surface area contributed by atoms with Gasteiger partial charge in [0.05, 0.1) is 5.02 Å². The minimum Gasteiger partial charge on any atom is -0.488 e. The summed E-state index contributed by atoms with van der Waals surface area (Å²) >= 11 is 8.29. The summed E-state index contributed by atoms with van der Waals surface area (Å²) in [7, 11) is 0. The fourth-order valence-electron chi connectivity index (χ4n) is 2.48. The maximum Gasteiger partial charge on any atom is 0.138 e. The lowest BCUT2D eigenvalue weighted by molar-refractivity contribution is 0.211. The number of thioether (sulfide) groups is 1. The molecule has 0 spiro atoms. The van der Waals surface area contributed by atoms with Crippen molar-refractivity contribution in [3.8, 4) is 5.75 Å². The van der Waals surface area contributed by atoms with Gasteiger partial charge in [0.1, 0.15) is 11.9 Å². The van der Waals surface area contributed by atoms with Crippen molar-refractivity contribution in [3.05, 3.63) is 28.8 Å². The second kappa shape index (κ2) is 5.55. The van der Waals surface area contributed by atoms with Crippen LogP contribution in [0.5, 0.6) is 5.75 Å². The van der Waals surface area contributed by atoms with Gasteiger partial charge in [-0.3, -0.25) is 0 Å². The summed E-state index contributed by atoms with van der Waals surface area (Å²) in [5, 5.41) is 0.720. The lowest BCUT2D eigenvalue weighted by Gasteiger charge is -2.23. The molecule has 0 radical (unpaired) electrons. The Morgan fingerprint density at radius 1 is 1.42 bits per heavy atom. The van der Waals surface area contributed by atoms with Crippen molar-refractivity contribution in [1.29, 1.82) is 0 Å². The summed E-state index contributed by atoms with van der Waals surface area (Å²) in [6.45, 7) is 0. The molecule has 0 amide bonds. The summed E-state index contributed by atoms with van der Waals surface area (Å²) in [5.74, 6) is 3.15. The summed E-state index contributed by atoms with van der Waals surface area (Å²) in [5.41, 5.74) is 7.39. The van der Waals surface area contributed by atoms with Crippen LogP contribution < -0.4 is 10.5 Å². The number of nitrogens with two attached hydrogens (primary N) is 1. The van der Waals surface area contributed by atoms with Crippen LogP contribution in [-0.2, 0) is 6.42 Å². The number of halogens is 1. The lowest BCUT2D eigenvalue weighted by atomic mass is 10.1. The van der Waals surface area contributed by atoms with E-state index in [0.717, 1.165) is 42.2 Å². The van der Waals surface area contributed by atoms with E-state index in [1.807, 2.05) is 23.9 Å². The zero-order valence-electron chi connectivity index (χ0n) is 11.0. The highest BCUT2D eigenvalue weighted by molar-refractivity contribution is 7.99. The molecule has 1 aromatic carbocycles. The summed E-state index contributed by atoms with van der Waals surface area (Å²) in [6, 6.07) is 6.12. The Kier molecular flexibility index (Phi) is 3.97. The molecule has 0 bridgehead atoms. The Labute approximate surface area is 124 Å². The number of rotatable bonds is 4. The predicted molar refractivity (Wildman–Crippen MR) is 82.3 cm³/mol. The Morgan fingerprint density at radius 2 is 2.26 bits per heavy atom. The van der Waals surface area contributed by atoms with Crippen LogP contribution in [0.3, 0.4) is 0 Å². The fraction of sp³-hybridized carbons (Fsp3) is 0.600. The predicted octanol–water partition coefficient (Wildman–Crippen LogP) is 3.65. The van der Waals surface area contributed by atoms with Gasteiger partial charge in [0.2, 0.25) is 0 Å². The van der Waals surface area contributed by atoms with Crippen molar-refractivity contribution in [1.82, 2.24) is 0 Å². The Bertz CT molecular complexity index is 455. The quantitative estimate of drug-likeness (QED) is 0.921. The molecule has 1 heterocycles. The van der Waals surface area contributed by atoms with Crippen LogP contribution in [0.4, 0.5) is 0 Å². The molecule has 1 saturated carbocycles. The number of hydrogen-bond donors (Lipinski definition) is 1. The smallest absolute Gasteiger partial charge is 0.138 e. The van der Waals surface area contributed by atoms with Crippen LogP contribution in [0.25, 0.3) is 0 Å². The number of benzene rings is 1. The first-order valence-corrected chi connectivity index (χ1v) is 8.50. The minimum atomic E-state index is 0.0334. The maximum atomic E-state index is 6.33. The zero-order chi connectivity index (χ0) is 13.3. The van der Waals surface area contributed by atoms with Crippen LogP contribution in [0.1, 0.15) is 31.2 Å². The van der Waals surface area contributed by atoms with Crippen LogP contribution in [-0.4, -0.2) is 23.1 Å². The van der Waals surface area contributed by atoms with Crippen molar-refractivity contribution in [2.24, 2.45) is 5.73 Å². The topological polar surface area (TPSA) is 35.2 Å². The van der Waals surface area contributed by atoms with Gasteiger partial charge >= 0.3 is 0 Å². The molecular weight excluding hydrogens is 278 g/mol. The van der Waals surface area contributed by atoms with E-state index in [1.165, 1.54) is 17.7 Å². The van der Waals surface area contributed by atoms with Gasteiger partial charge in [0, 0.05) is 11.3 Å². The first kappa shape index (κ1) is 13.6. The zero-order valence-corrected chi connectivity index (χ0v) is 12.6. The molecule has 1 aliphatic carbocycles. The van der Waals surface area contributed by atoms with Crippen molar-refractivity contribution < 1.29 is 4.74 Å². The van der Waals surface area contributed by atoms with Gasteiger partial charge < -0.3 is 10.5 Å². The summed E-state index contributed by atoms with van der Waals surface area (Å²) in [4.78, 5) is 0. The second-order valence-electron chi connectivity index (χ2n) is 5.76. The van der Waals surface area contributed by atoms with Gasteiger partial charge in [-0.1, -0.05) is 17.7 Å². The van der Waals surface area contributed by atoms with Crippen molar-refractivity contribution in [2.45, 2.75) is 43.7 Å². The first-order valence-electron chi connectivity index (χ1n) is 6.96. The first-order chi connectivity index (χ1) is 9.15. The van der Waals surface area contributed by atoms with E-state index in [4.69, 9.17) is 22.1 Å². The van der Waals surface area contributed by atoms with Gasteiger partial charge in [-0.05, 0) is 55.6 Å². The monoisotopic (exact) mass is 297 g/mol. The number of hydrogen-bond acceptors (Lipinski definition) is 3. The standard InChI is InChI=1S/C15H20ClNOS/c16-13-8-11(9-15(17)5-6-15)3-4-14(13)18-12-2-1-7-19-10-12/h3-4,8,12H,1-2,5-7,9-10,17H2. The summed E-state index contributed by atoms with van der Waals surface area (Å²) in [6.07, 6.45) is 5.86. The van der Waals surface area contributed by atoms with Crippen LogP contribution in [0, 0.1) is 0 Å². The van der Waals surface area contributed by atoms with E-state index in [2.05, 4.69) is 6.07 Å². The highest BCUT2D eigenvalue weighted by Crippen LogP contribution is 2.37. The fourth-order valence-corrected chi connectivity index (χ4v) is 3.76. The van der Waals surface area contributed by atoms with Crippen molar-refractivity contribution in [3.63, 3.8) is 0 Å². The van der Waals surface area contributed by atoms with E-state index >= 15 is 0 Å². The lowest BCUT2D eigenvalue weighted by Crippen LogP contribution is -2.25. The van der Waals surface area contributed by atoms with E-state index in [9.17, 15) is 0 Å². The molecule has 1 aromatic rings. The van der Waals surface area contributed by atoms with Gasteiger partial charge in [-0.2, -0.15) is 11.8 Å². The molecular formula is C15H20ClNOS. The molecule has 19 heavy (non-hydrogen) atoms. The molecule has 1 atom stereocenters.